The average Bonchev–Trinajstić information content (AvgIpc) is 3.46. The van der Waals surface area contributed by atoms with Gasteiger partial charge in [0.05, 0.1) is 30.9 Å². The number of hydrogen-bond acceptors (Lipinski definition) is 8. The van der Waals surface area contributed by atoms with Gasteiger partial charge in [0.25, 0.3) is 10.0 Å². The SMILES string of the molecule is COc1cncc(-c2ccc3c(c2NC(=O)NS(=O)(=O)c2cc4c(s2)CCN(C)C4)CCC3)n1. The minimum atomic E-state index is -4.00. The maximum absolute atomic E-state index is 13.0. The number of carbonyl (C=O) groups is 1. The molecular weight excluding hydrogens is 474 g/mol. The number of anilines is 1. The summed E-state index contributed by atoms with van der Waals surface area (Å²) in [6.45, 7) is 1.59. The molecule has 0 atom stereocenters. The predicted octanol–water partition coefficient (Wildman–Crippen LogP) is 3.20. The molecule has 0 fully saturated rings. The van der Waals surface area contributed by atoms with Gasteiger partial charge in [0.1, 0.15) is 4.21 Å². The molecule has 11 heteroatoms. The van der Waals surface area contributed by atoms with Crippen LogP contribution in [0.1, 0.15) is 28.0 Å². The van der Waals surface area contributed by atoms with Crippen LogP contribution in [0.15, 0.2) is 34.8 Å². The summed E-state index contributed by atoms with van der Waals surface area (Å²) in [6, 6.07) is 4.76. The van der Waals surface area contributed by atoms with Crippen molar-refractivity contribution in [3.63, 3.8) is 0 Å². The highest BCUT2D eigenvalue weighted by atomic mass is 32.2. The van der Waals surface area contributed by atoms with Crippen molar-refractivity contribution < 1.29 is 17.9 Å². The topological polar surface area (TPSA) is 114 Å². The molecule has 9 nitrogen and oxygen atoms in total. The summed E-state index contributed by atoms with van der Waals surface area (Å²) in [5, 5.41) is 2.80. The summed E-state index contributed by atoms with van der Waals surface area (Å²) in [6.07, 6.45) is 6.55. The Labute approximate surface area is 202 Å². The van der Waals surface area contributed by atoms with E-state index < -0.39 is 16.1 Å². The molecule has 0 spiro atoms. The van der Waals surface area contributed by atoms with Gasteiger partial charge >= 0.3 is 6.03 Å². The smallest absolute Gasteiger partial charge is 0.333 e. The Bertz CT molecular complexity index is 1370. The Morgan fingerprint density at radius 3 is 2.85 bits per heavy atom. The van der Waals surface area contributed by atoms with Crippen molar-refractivity contribution in [2.45, 2.75) is 36.4 Å². The van der Waals surface area contributed by atoms with Gasteiger partial charge in [0.2, 0.25) is 5.88 Å². The highest BCUT2D eigenvalue weighted by Crippen LogP contribution is 2.37. The van der Waals surface area contributed by atoms with Crippen molar-refractivity contribution in [1.82, 2.24) is 19.6 Å². The van der Waals surface area contributed by atoms with Crippen molar-refractivity contribution in [1.29, 1.82) is 0 Å². The number of thiophene rings is 1. The molecule has 1 aliphatic carbocycles. The van der Waals surface area contributed by atoms with Gasteiger partial charge in [0, 0.05) is 23.5 Å². The minimum absolute atomic E-state index is 0.153. The fourth-order valence-electron chi connectivity index (χ4n) is 4.49. The molecule has 1 aliphatic heterocycles. The highest BCUT2D eigenvalue weighted by Gasteiger charge is 2.27. The monoisotopic (exact) mass is 499 g/mol. The van der Waals surface area contributed by atoms with E-state index in [-0.39, 0.29) is 4.21 Å². The van der Waals surface area contributed by atoms with Gasteiger partial charge < -0.3 is 15.0 Å². The summed E-state index contributed by atoms with van der Waals surface area (Å²) in [5.74, 6) is 0.350. The highest BCUT2D eigenvalue weighted by molar-refractivity contribution is 7.92. The van der Waals surface area contributed by atoms with Gasteiger partial charge in [0.15, 0.2) is 0 Å². The molecule has 3 heterocycles. The lowest BCUT2D eigenvalue weighted by molar-refractivity contribution is 0.256. The molecule has 5 rings (SSSR count). The number of aromatic nitrogens is 2. The number of fused-ring (bicyclic) bond motifs is 2. The van der Waals surface area contributed by atoms with Crippen LogP contribution >= 0.6 is 11.3 Å². The van der Waals surface area contributed by atoms with Crippen LogP contribution < -0.4 is 14.8 Å². The number of aryl methyl sites for hydroxylation is 1. The number of ether oxygens (including phenoxy) is 1. The van der Waals surface area contributed by atoms with Crippen LogP contribution in [-0.2, 0) is 35.8 Å². The first-order valence-corrected chi connectivity index (χ1v) is 13.3. The fraction of sp³-hybridized carbons (Fsp3) is 0.348. The molecule has 2 N–H and O–H groups in total. The predicted molar refractivity (Wildman–Crippen MR) is 130 cm³/mol. The number of urea groups is 1. The average molecular weight is 500 g/mol. The molecule has 2 aromatic heterocycles. The van der Waals surface area contributed by atoms with E-state index in [2.05, 4.69) is 24.9 Å². The maximum atomic E-state index is 13.0. The molecule has 0 saturated heterocycles. The zero-order valence-electron chi connectivity index (χ0n) is 18.9. The zero-order chi connectivity index (χ0) is 23.9. The molecule has 0 bridgehead atoms. The quantitative estimate of drug-likeness (QED) is 0.554. The Morgan fingerprint density at radius 2 is 2.03 bits per heavy atom. The van der Waals surface area contributed by atoms with Crippen molar-refractivity contribution in [2.24, 2.45) is 0 Å². The third kappa shape index (κ3) is 4.38. The van der Waals surface area contributed by atoms with Gasteiger partial charge in [-0.05, 0) is 55.5 Å². The second-order valence-corrected chi connectivity index (χ2v) is 11.5. The van der Waals surface area contributed by atoms with E-state index in [9.17, 15) is 13.2 Å². The lowest BCUT2D eigenvalue weighted by Crippen LogP contribution is -2.34. The van der Waals surface area contributed by atoms with Crippen LogP contribution in [-0.4, -0.2) is 50.0 Å². The van der Waals surface area contributed by atoms with Gasteiger partial charge in [-0.15, -0.1) is 11.3 Å². The van der Waals surface area contributed by atoms with E-state index in [0.29, 0.717) is 29.4 Å². The van der Waals surface area contributed by atoms with Crippen molar-refractivity contribution in [2.75, 3.05) is 26.0 Å². The standard InChI is InChI=1S/C23H25N5O4S2/c1-28-9-8-19-15(13-28)10-21(33-19)34(30,31)27-23(29)26-22-16-5-3-4-14(16)6-7-17(22)18-11-24-12-20(25-18)32-2/h6-7,10-12H,3-5,8-9,13H2,1-2H3,(H2,26,27,29). The largest absolute Gasteiger partial charge is 0.480 e. The van der Waals surface area contributed by atoms with Crippen LogP contribution in [0.2, 0.25) is 0 Å². The van der Waals surface area contributed by atoms with E-state index in [1.165, 1.54) is 24.6 Å². The van der Waals surface area contributed by atoms with Crippen molar-refractivity contribution in [3.05, 3.63) is 52.2 Å². The fourth-order valence-corrected chi connectivity index (χ4v) is 6.94. The second kappa shape index (κ2) is 8.97. The van der Waals surface area contributed by atoms with Gasteiger partial charge in [-0.3, -0.25) is 4.98 Å². The van der Waals surface area contributed by atoms with E-state index >= 15 is 0 Å². The molecule has 2 amide bonds. The molecule has 178 valence electrons. The summed E-state index contributed by atoms with van der Waals surface area (Å²) >= 11 is 1.23. The molecule has 0 radical (unpaired) electrons. The van der Waals surface area contributed by atoms with E-state index in [0.717, 1.165) is 53.8 Å². The lowest BCUT2D eigenvalue weighted by atomic mass is 10.0. The van der Waals surface area contributed by atoms with Gasteiger partial charge in [-0.1, -0.05) is 12.1 Å². The first-order valence-electron chi connectivity index (χ1n) is 11.0. The van der Waals surface area contributed by atoms with Gasteiger partial charge in [-0.2, -0.15) is 0 Å². The third-order valence-electron chi connectivity index (χ3n) is 6.15. The first-order chi connectivity index (χ1) is 16.3. The number of sulfonamides is 1. The molecule has 3 aromatic rings. The Hall–Kier alpha value is -3.02. The molecule has 0 unspecified atom stereocenters. The third-order valence-corrected chi connectivity index (χ3v) is 9.19. The first kappa shape index (κ1) is 22.8. The molecule has 34 heavy (non-hydrogen) atoms. The van der Waals surface area contributed by atoms with Crippen LogP contribution in [0, 0.1) is 0 Å². The summed E-state index contributed by atoms with van der Waals surface area (Å²) in [5.41, 5.74) is 4.87. The normalized spacial score (nSPS) is 15.5. The number of nitrogens with zero attached hydrogens (tertiary/aromatic N) is 3. The van der Waals surface area contributed by atoms with Crippen LogP contribution in [0.3, 0.4) is 0 Å². The van der Waals surface area contributed by atoms with E-state index in [1.54, 1.807) is 12.3 Å². The second-order valence-electron chi connectivity index (χ2n) is 8.49. The van der Waals surface area contributed by atoms with Crippen LogP contribution in [0.25, 0.3) is 11.3 Å². The van der Waals surface area contributed by atoms with Gasteiger partial charge in [-0.25, -0.2) is 22.9 Å². The molecule has 1 aromatic carbocycles. The maximum Gasteiger partial charge on any atom is 0.333 e. The van der Waals surface area contributed by atoms with Crippen molar-refractivity contribution >= 4 is 33.1 Å². The van der Waals surface area contributed by atoms with Crippen LogP contribution in [0.5, 0.6) is 5.88 Å². The lowest BCUT2D eigenvalue weighted by Gasteiger charge is -2.21. The van der Waals surface area contributed by atoms with Crippen molar-refractivity contribution in [3.8, 4) is 17.1 Å². The molecule has 2 aliphatic rings. The Balaban J connectivity index is 1.43. The number of likely N-dealkylation sites (N-methyl/N-ethyl adjacent to an activating group) is 1. The number of nitrogens with one attached hydrogen (secondary N) is 2. The number of rotatable bonds is 5. The summed E-state index contributed by atoms with van der Waals surface area (Å²) in [7, 11) is -0.492. The number of amides is 2. The zero-order valence-corrected chi connectivity index (χ0v) is 20.6. The number of hydrogen-bond donors (Lipinski definition) is 2. The Morgan fingerprint density at radius 1 is 1.18 bits per heavy atom. The summed E-state index contributed by atoms with van der Waals surface area (Å²) < 4.78 is 33.5. The number of methoxy groups -OCH3 is 1. The molecule has 0 saturated carbocycles. The summed E-state index contributed by atoms with van der Waals surface area (Å²) in [4.78, 5) is 24.7. The number of carbonyl (C=O) groups excluding carboxylic acids is 1. The van der Waals surface area contributed by atoms with E-state index in [1.807, 2.05) is 19.2 Å². The van der Waals surface area contributed by atoms with E-state index in [4.69, 9.17) is 4.74 Å². The number of benzene rings is 1. The Kier molecular flexibility index (Phi) is 6.00. The minimum Gasteiger partial charge on any atom is -0.480 e. The van der Waals surface area contributed by atoms with Crippen LogP contribution in [0.4, 0.5) is 10.5 Å². The molecular formula is C23H25N5O4S2.